The number of carbonyl (C=O) groups is 2. The molecular formula is C16H22N2O2. The summed E-state index contributed by atoms with van der Waals surface area (Å²) < 4.78 is 0. The quantitative estimate of drug-likeness (QED) is 0.788. The molecule has 0 aromatic heterocycles. The standard InChI is InChI=1S/C16H22N2O2/c1-4-16(13-10-8-7-9-11-13)14(19)17(5-2)12-18(6-3)15(16)20/h7-11H,4-6,12H2,1-3H3. The van der Waals surface area contributed by atoms with E-state index in [4.69, 9.17) is 0 Å². The number of amides is 2. The van der Waals surface area contributed by atoms with Crippen molar-refractivity contribution in [1.29, 1.82) is 0 Å². The second-order valence-electron chi connectivity index (χ2n) is 5.09. The molecule has 0 N–H and O–H groups in total. The minimum atomic E-state index is -1.05. The Bertz CT molecular complexity index is 476. The Labute approximate surface area is 120 Å². The molecule has 4 heteroatoms. The third-order valence-electron chi connectivity index (χ3n) is 4.21. The van der Waals surface area contributed by atoms with E-state index in [9.17, 15) is 9.59 Å². The van der Waals surface area contributed by atoms with Crippen LogP contribution in [0.2, 0.25) is 0 Å². The molecule has 0 bridgehead atoms. The molecule has 1 aliphatic rings. The Morgan fingerprint density at radius 1 is 0.950 bits per heavy atom. The van der Waals surface area contributed by atoms with Crippen LogP contribution in [-0.4, -0.2) is 41.4 Å². The summed E-state index contributed by atoms with van der Waals surface area (Å²) >= 11 is 0. The second kappa shape index (κ2) is 5.65. The maximum Gasteiger partial charge on any atom is 0.244 e. The van der Waals surface area contributed by atoms with Crippen molar-refractivity contribution in [2.45, 2.75) is 32.6 Å². The summed E-state index contributed by atoms with van der Waals surface area (Å²) in [5.41, 5.74) is -0.250. The van der Waals surface area contributed by atoms with Crippen molar-refractivity contribution in [3.8, 4) is 0 Å². The van der Waals surface area contributed by atoms with E-state index in [2.05, 4.69) is 0 Å². The van der Waals surface area contributed by atoms with Crippen molar-refractivity contribution < 1.29 is 9.59 Å². The molecule has 2 rings (SSSR count). The zero-order valence-corrected chi connectivity index (χ0v) is 12.4. The first-order valence-electron chi connectivity index (χ1n) is 7.26. The van der Waals surface area contributed by atoms with Crippen LogP contribution >= 0.6 is 0 Å². The number of hydrogen-bond acceptors (Lipinski definition) is 2. The number of nitrogens with zero attached hydrogens (tertiary/aromatic N) is 2. The predicted molar refractivity (Wildman–Crippen MR) is 78.1 cm³/mol. The molecule has 20 heavy (non-hydrogen) atoms. The van der Waals surface area contributed by atoms with E-state index in [-0.39, 0.29) is 11.8 Å². The first-order chi connectivity index (χ1) is 9.61. The fraction of sp³-hybridized carbons (Fsp3) is 0.500. The van der Waals surface area contributed by atoms with Gasteiger partial charge in [0, 0.05) is 13.1 Å². The van der Waals surface area contributed by atoms with Gasteiger partial charge >= 0.3 is 0 Å². The molecule has 0 atom stereocenters. The van der Waals surface area contributed by atoms with E-state index in [0.717, 1.165) is 5.56 Å². The summed E-state index contributed by atoms with van der Waals surface area (Å²) in [4.78, 5) is 29.3. The molecule has 1 heterocycles. The Hall–Kier alpha value is -1.84. The van der Waals surface area contributed by atoms with Gasteiger partial charge in [-0.1, -0.05) is 37.3 Å². The van der Waals surface area contributed by atoms with E-state index in [0.29, 0.717) is 26.2 Å². The Morgan fingerprint density at radius 2 is 1.45 bits per heavy atom. The van der Waals surface area contributed by atoms with Gasteiger partial charge in [-0.2, -0.15) is 0 Å². The Morgan fingerprint density at radius 3 is 1.85 bits per heavy atom. The van der Waals surface area contributed by atoms with E-state index in [1.54, 1.807) is 9.80 Å². The van der Waals surface area contributed by atoms with E-state index in [1.807, 2.05) is 51.1 Å². The van der Waals surface area contributed by atoms with Crippen molar-refractivity contribution in [1.82, 2.24) is 9.80 Å². The molecule has 0 unspecified atom stereocenters. The molecule has 108 valence electrons. The summed E-state index contributed by atoms with van der Waals surface area (Å²) in [6, 6.07) is 9.43. The van der Waals surface area contributed by atoms with Gasteiger partial charge in [-0.25, -0.2) is 0 Å². The van der Waals surface area contributed by atoms with Gasteiger partial charge in [0.2, 0.25) is 11.8 Å². The topological polar surface area (TPSA) is 40.6 Å². The van der Waals surface area contributed by atoms with Gasteiger partial charge in [0.05, 0.1) is 6.67 Å². The van der Waals surface area contributed by atoms with Crippen LogP contribution in [0.5, 0.6) is 0 Å². The highest BCUT2D eigenvalue weighted by atomic mass is 16.2. The molecule has 1 aromatic rings. The van der Waals surface area contributed by atoms with E-state index in [1.165, 1.54) is 0 Å². The molecule has 1 aliphatic heterocycles. The lowest BCUT2D eigenvalue weighted by Crippen LogP contribution is -2.64. The second-order valence-corrected chi connectivity index (χ2v) is 5.09. The van der Waals surface area contributed by atoms with Crippen LogP contribution in [0.15, 0.2) is 30.3 Å². The molecule has 0 aliphatic carbocycles. The SMILES string of the molecule is CCN1CN(CC)C(=O)C(CC)(c2ccccc2)C1=O. The van der Waals surface area contributed by atoms with E-state index >= 15 is 0 Å². The summed E-state index contributed by atoms with van der Waals surface area (Å²) in [5, 5.41) is 0. The van der Waals surface area contributed by atoms with Crippen molar-refractivity contribution in [2.75, 3.05) is 19.8 Å². The third-order valence-corrected chi connectivity index (χ3v) is 4.21. The monoisotopic (exact) mass is 274 g/mol. The van der Waals surface area contributed by atoms with E-state index < -0.39 is 5.41 Å². The molecule has 1 aromatic carbocycles. The lowest BCUT2D eigenvalue weighted by molar-refractivity contribution is -0.161. The van der Waals surface area contributed by atoms with Crippen molar-refractivity contribution in [3.63, 3.8) is 0 Å². The van der Waals surface area contributed by atoms with Crippen LogP contribution in [0.25, 0.3) is 0 Å². The van der Waals surface area contributed by atoms with Crippen LogP contribution < -0.4 is 0 Å². The lowest BCUT2D eigenvalue weighted by Gasteiger charge is -2.45. The van der Waals surface area contributed by atoms with Crippen LogP contribution in [0.4, 0.5) is 0 Å². The Kier molecular flexibility index (Phi) is 4.12. The Balaban J connectivity index is 2.57. The fourth-order valence-electron chi connectivity index (χ4n) is 2.93. The lowest BCUT2D eigenvalue weighted by atomic mass is 9.74. The number of likely N-dealkylation sites (N-methyl/N-ethyl adjacent to an activating group) is 2. The van der Waals surface area contributed by atoms with Gasteiger partial charge in [-0.3, -0.25) is 9.59 Å². The molecule has 1 fully saturated rings. The molecule has 0 radical (unpaired) electrons. The highest BCUT2D eigenvalue weighted by Crippen LogP contribution is 2.35. The van der Waals surface area contributed by atoms with Crippen LogP contribution in [0.1, 0.15) is 32.8 Å². The van der Waals surface area contributed by atoms with Gasteiger partial charge in [0.15, 0.2) is 5.41 Å². The van der Waals surface area contributed by atoms with Gasteiger partial charge in [-0.15, -0.1) is 0 Å². The summed E-state index contributed by atoms with van der Waals surface area (Å²) in [6.45, 7) is 7.46. The first kappa shape index (κ1) is 14.6. The fourth-order valence-corrected chi connectivity index (χ4v) is 2.93. The van der Waals surface area contributed by atoms with Crippen LogP contribution in [0, 0.1) is 0 Å². The summed E-state index contributed by atoms with van der Waals surface area (Å²) in [7, 11) is 0. The highest BCUT2D eigenvalue weighted by Gasteiger charge is 2.52. The number of carbonyl (C=O) groups excluding carboxylic acids is 2. The smallest absolute Gasteiger partial charge is 0.244 e. The normalized spacial score (nSPS) is 18.6. The van der Waals surface area contributed by atoms with Crippen LogP contribution in [0.3, 0.4) is 0 Å². The van der Waals surface area contributed by atoms with Gasteiger partial charge in [0.1, 0.15) is 0 Å². The molecule has 4 nitrogen and oxygen atoms in total. The number of rotatable bonds is 4. The van der Waals surface area contributed by atoms with Crippen LogP contribution in [-0.2, 0) is 15.0 Å². The van der Waals surface area contributed by atoms with Gasteiger partial charge in [0.25, 0.3) is 0 Å². The molecular weight excluding hydrogens is 252 g/mol. The van der Waals surface area contributed by atoms with Crippen molar-refractivity contribution >= 4 is 11.8 Å². The summed E-state index contributed by atoms with van der Waals surface area (Å²) in [6.07, 6.45) is 0.488. The zero-order chi connectivity index (χ0) is 14.8. The molecule has 0 saturated carbocycles. The largest absolute Gasteiger partial charge is 0.324 e. The summed E-state index contributed by atoms with van der Waals surface area (Å²) in [5.74, 6) is -0.133. The minimum absolute atomic E-state index is 0.0663. The molecule has 0 spiro atoms. The minimum Gasteiger partial charge on any atom is -0.324 e. The van der Waals surface area contributed by atoms with Crippen molar-refractivity contribution in [3.05, 3.63) is 35.9 Å². The van der Waals surface area contributed by atoms with Gasteiger partial charge < -0.3 is 9.80 Å². The maximum atomic E-state index is 12.9. The molecule has 1 saturated heterocycles. The molecule has 2 amide bonds. The van der Waals surface area contributed by atoms with Crippen molar-refractivity contribution in [2.24, 2.45) is 0 Å². The average molecular weight is 274 g/mol. The first-order valence-corrected chi connectivity index (χ1v) is 7.26. The average Bonchev–Trinajstić information content (AvgIpc) is 2.50. The third kappa shape index (κ3) is 1.99. The highest BCUT2D eigenvalue weighted by molar-refractivity contribution is 6.12. The zero-order valence-electron chi connectivity index (χ0n) is 12.4. The van der Waals surface area contributed by atoms with Gasteiger partial charge in [-0.05, 0) is 25.8 Å². The predicted octanol–water partition coefficient (Wildman–Crippen LogP) is 2.00. The number of benzene rings is 1. The maximum absolute atomic E-state index is 12.9. The number of hydrogen-bond donors (Lipinski definition) is 0.